The lowest BCUT2D eigenvalue weighted by atomic mass is 9.80. The average molecular weight is 548 g/mol. The topological polar surface area (TPSA) is 85.9 Å². The van der Waals surface area contributed by atoms with Crippen LogP contribution in [-0.4, -0.2) is 74.7 Å². The molecule has 8 heteroatoms. The van der Waals surface area contributed by atoms with Crippen molar-refractivity contribution in [3.63, 3.8) is 0 Å². The Balaban J connectivity index is 1.11. The van der Waals surface area contributed by atoms with Crippen molar-refractivity contribution < 1.29 is 14.3 Å². The molecule has 40 heavy (non-hydrogen) atoms. The first kappa shape index (κ1) is 28.3. The van der Waals surface area contributed by atoms with Crippen molar-refractivity contribution in [2.75, 3.05) is 56.5 Å². The van der Waals surface area contributed by atoms with Crippen LogP contribution in [-0.2, 0) is 4.79 Å². The first-order chi connectivity index (χ1) is 19.5. The summed E-state index contributed by atoms with van der Waals surface area (Å²) in [5.41, 5.74) is 1.87. The maximum atomic E-state index is 13.4. The van der Waals surface area contributed by atoms with Crippen molar-refractivity contribution >= 4 is 23.2 Å². The molecular formula is C32H45N5O3. The molecule has 3 N–H and O–H groups in total. The van der Waals surface area contributed by atoms with Crippen molar-refractivity contribution in [2.24, 2.45) is 0 Å². The van der Waals surface area contributed by atoms with Gasteiger partial charge in [-0.3, -0.25) is 9.59 Å². The average Bonchev–Trinajstić information content (AvgIpc) is 3.50. The number of nitrogens with one attached hydrogen (secondary N) is 3. The zero-order chi connectivity index (χ0) is 27.8. The number of anilines is 2. The molecule has 0 bridgehead atoms. The molecule has 0 spiro atoms. The van der Waals surface area contributed by atoms with E-state index < -0.39 is 5.54 Å². The largest absolute Gasteiger partial charge is 0.490 e. The molecule has 1 heterocycles. The molecule has 0 atom stereocenters. The van der Waals surface area contributed by atoms with E-state index in [1.54, 1.807) is 0 Å². The molecule has 1 saturated heterocycles. The Morgan fingerprint density at radius 1 is 0.850 bits per heavy atom. The Bertz CT molecular complexity index is 1100. The summed E-state index contributed by atoms with van der Waals surface area (Å²) in [5, 5.41) is 9.60. The maximum absolute atomic E-state index is 13.4. The van der Waals surface area contributed by atoms with Crippen molar-refractivity contribution in [1.82, 2.24) is 15.5 Å². The number of likely N-dealkylation sites (N-methyl/N-ethyl adjacent to an activating group) is 1. The number of ether oxygens (including phenoxy) is 1. The highest BCUT2D eigenvalue weighted by Crippen LogP contribution is 2.29. The second-order valence-electron chi connectivity index (χ2n) is 11.7. The second-order valence-corrected chi connectivity index (χ2v) is 11.7. The van der Waals surface area contributed by atoms with Gasteiger partial charge in [0.05, 0.1) is 6.10 Å². The molecule has 216 valence electrons. The summed E-state index contributed by atoms with van der Waals surface area (Å²) in [4.78, 5) is 31.4. The van der Waals surface area contributed by atoms with Crippen molar-refractivity contribution in [3.05, 3.63) is 54.1 Å². The van der Waals surface area contributed by atoms with E-state index in [0.29, 0.717) is 37.6 Å². The Morgan fingerprint density at radius 2 is 1.52 bits per heavy atom. The molecule has 2 aromatic rings. The zero-order valence-corrected chi connectivity index (χ0v) is 23.9. The third-order valence-electron chi connectivity index (χ3n) is 8.69. The SMILES string of the molecule is CN1CCN(c2ccc(C(=O)NC3(C(=O)NCCNc4ccc(OC5CCCC5)cc4)CCCCC3)cc2)CC1. The van der Waals surface area contributed by atoms with E-state index in [1.165, 1.54) is 12.8 Å². The number of hydrogen-bond acceptors (Lipinski definition) is 6. The predicted octanol–water partition coefficient (Wildman–Crippen LogP) is 4.42. The van der Waals surface area contributed by atoms with Crippen LogP contribution < -0.4 is 25.6 Å². The van der Waals surface area contributed by atoms with Gasteiger partial charge in [-0.15, -0.1) is 0 Å². The fourth-order valence-electron chi connectivity index (χ4n) is 6.14. The first-order valence-corrected chi connectivity index (χ1v) is 15.2. The van der Waals surface area contributed by atoms with Crippen molar-refractivity contribution in [1.29, 1.82) is 0 Å². The number of rotatable bonds is 10. The monoisotopic (exact) mass is 547 g/mol. The van der Waals surface area contributed by atoms with Crippen molar-refractivity contribution in [3.8, 4) is 5.75 Å². The van der Waals surface area contributed by atoms with Crippen LogP contribution in [0, 0.1) is 0 Å². The molecule has 2 aliphatic carbocycles. The Hall–Kier alpha value is -3.26. The second kappa shape index (κ2) is 13.4. The van der Waals surface area contributed by atoms with Gasteiger partial charge in [-0.25, -0.2) is 0 Å². The molecule has 8 nitrogen and oxygen atoms in total. The number of piperazine rings is 1. The van der Waals surface area contributed by atoms with Crippen LogP contribution in [0.2, 0.25) is 0 Å². The van der Waals surface area contributed by atoms with Crippen LogP contribution >= 0.6 is 0 Å². The summed E-state index contributed by atoms with van der Waals surface area (Å²) >= 11 is 0. The highest BCUT2D eigenvalue weighted by Gasteiger charge is 2.40. The molecule has 5 rings (SSSR count). The van der Waals surface area contributed by atoms with Crippen LogP contribution in [0.5, 0.6) is 5.75 Å². The molecule has 1 aliphatic heterocycles. The van der Waals surface area contributed by atoms with Gasteiger partial charge in [0.1, 0.15) is 11.3 Å². The van der Waals surface area contributed by atoms with Crippen molar-refractivity contribution in [2.45, 2.75) is 69.4 Å². The quantitative estimate of drug-likeness (QED) is 0.382. The normalized spacial score (nSPS) is 19.7. The van der Waals surface area contributed by atoms with Gasteiger partial charge in [0.15, 0.2) is 0 Å². The summed E-state index contributed by atoms with van der Waals surface area (Å²) in [6.45, 7) is 5.14. The summed E-state index contributed by atoms with van der Waals surface area (Å²) in [5.74, 6) is 0.645. The lowest BCUT2D eigenvalue weighted by Crippen LogP contribution is -2.60. The third-order valence-corrected chi connectivity index (χ3v) is 8.69. The van der Waals surface area contributed by atoms with E-state index in [4.69, 9.17) is 4.74 Å². The molecular weight excluding hydrogens is 502 g/mol. The maximum Gasteiger partial charge on any atom is 0.252 e. The van der Waals surface area contributed by atoms with E-state index in [0.717, 1.165) is 75.4 Å². The lowest BCUT2D eigenvalue weighted by molar-refractivity contribution is -0.128. The standard InChI is InChI=1S/C32H45N5O3/c1-36-21-23-37(24-22-36)27-13-9-25(10-14-27)30(38)35-32(17-5-2-6-18-32)31(39)34-20-19-33-26-11-15-29(16-12-26)40-28-7-3-4-8-28/h9-16,28,33H,2-8,17-24H2,1H3,(H,34,39)(H,35,38). The number of nitrogens with zero attached hydrogens (tertiary/aromatic N) is 2. The number of hydrogen-bond donors (Lipinski definition) is 3. The van der Waals surface area contributed by atoms with Gasteiger partial charge in [-0.1, -0.05) is 19.3 Å². The van der Waals surface area contributed by atoms with Crippen LogP contribution in [0.15, 0.2) is 48.5 Å². The minimum atomic E-state index is -0.856. The predicted molar refractivity (Wildman–Crippen MR) is 160 cm³/mol. The van der Waals surface area contributed by atoms with E-state index in [2.05, 4.69) is 32.8 Å². The molecule has 3 fully saturated rings. The van der Waals surface area contributed by atoms with Crippen LogP contribution in [0.3, 0.4) is 0 Å². The van der Waals surface area contributed by atoms with Crippen LogP contribution in [0.1, 0.15) is 68.1 Å². The zero-order valence-electron chi connectivity index (χ0n) is 23.9. The third kappa shape index (κ3) is 7.27. The fourth-order valence-corrected chi connectivity index (χ4v) is 6.14. The lowest BCUT2D eigenvalue weighted by Gasteiger charge is -2.37. The smallest absolute Gasteiger partial charge is 0.252 e. The first-order valence-electron chi connectivity index (χ1n) is 15.2. The molecule has 3 aliphatic rings. The van der Waals surface area contributed by atoms with Gasteiger partial charge in [-0.05, 0) is 94.1 Å². The summed E-state index contributed by atoms with van der Waals surface area (Å²) in [6, 6.07) is 15.8. The Labute approximate surface area is 238 Å². The Morgan fingerprint density at radius 3 is 2.20 bits per heavy atom. The molecule has 0 aromatic heterocycles. The van der Waals surface area contributed by atoms with Gasteiger partial charge < -0.3 is 30.5 Å². The highest BCUT2D eigenvalue weighted by atomic mass is 16.5. The van der Waals surface area contributed by atoms with Crippen LogP contribution in [0.25, 0.3) is 0 Å². The van der Waals surface area contributed by atoms with E-state index in [-0.39, 0.29) is 11.8 Å². The molecule has 0 radical (unpaired) electrons. The van der Waals surface area contributed by atoms with Gasteiger partial charge >= 0.3 is 0 Å². The highest BCUT2D eigenvalue weighted by molar-refractivity contribution is 5.99. The summed E-state index contributed by atoms with van der Waals surface area (Å²) in [7, 11) is 2.14. The van der Waals surface area contributed by atoms with Gasteiger partial charge in [0, 0.05) is 56.2 Å². The van der Waals surface area contributed by atoms with Crippen LogP contribution in [0.4, 0.5) is 11.4 Å². The van der Waals surface area contributed by atoms with Gasteiger partial charge in [0.2, 0.25) is 5.91 Å². The van der Waals surface area contributed by atoms with Gasteiger partial charge in [-0.2, -0.15) is 0 Å². The fraction of sp³-hybridized carbons (Fsp3) is 0.562. The molecule has 2 aromatic carbocycles. The molecule has 2 amide bonds. The van der Waals surface area contributed by atoms with Gasteiger partial charge in [0.25, 0.3) is 5.91 Å². The summed E-state index contributed by atoms with van der Waals surface area (Å²) in [6.07, 6.45) is 9.44. The number of amides is 2. The Kier molecular flexibility index (Phi) is 9.47. The van der Waals surface area contributed by atoms with E-state index in [1.807, 2.05) is 48.5 Å². The molecule has 2 saturated carbocycles. The number of carbonyl (C=O) groups excluding carboxylic acids is 2. The van der Waals surface area contributed by atoms with E-state index in [9.17, 15) is 9.59 Å². The minimum absolute atomic E-state index is 0.0864. The molecule has 0 unspecified atom stereocenters. The van der Waals surface area contributed by atoms with E-state index >= 15 is 0 Å². The minimum Gasteiger partial charge on any atom is -0.490 e. The number of benzene rings is 2. The number of carbonyl (C=O) groups is 2. The summed E-state index contributed by atoms with van der Waals surface area (Å²) < 4.78 is 6.04.